The molecule has 2 aliphatic rings. The van der Waals surface area contributed by atoms with E-state index in [1.807, 2.05) is 18.2 Å². The molecular weight excluding hydrogens is 378 g/mol. The molecule has 2 aliphatic heterocycles. The Morgan fingerprint density at radius 1 is 1.39 bits per heavy atom. The van der Waals surface area contributed by atoms with Gasteiger partial charge >= 0.3 is 0 Å². The number of imide groups is 1. The van der Waals surface area contributed by atoms with Crippen LogP contribution in [0.4, 0.5) is 10.5 Å². The number of halogens is 1. The lowest BCUT2D eigenvalue weighted by molar-refractivity contribution is -0.115. The molecule has 0 radical (unpaired) electrons. The highest BCUT2D eigenvalue weighted by molar-refractivity contribution is 9.10. The van der Waals surface area contributed by atoms with Crippen molar-refractivity contribution >= 4 is 50.6 Å². The number of amides is 2. The van der Waals surface area contributed by atoms with Crippen LogP contribution in [0.15, 0.2) is 27.6 Å². The number of nitrogens with one attached hydrogen (secondary N) is 1. The molecule has 0 aromatic heterocycles. The van der Waals surface area contributed by atoms with Gasteiger partial charge in [-0.05, 0) is 60.4 Å². The van der Waals surface area contributed by atoms with Crippen molar-refractivity contribution in [3.8, 4) is 0 Å². The number of para-hydroxylation sites is 1. The number of hydrogen-bond donors (Lipinski definition) is 1. The fourth-order valence-electron chi connectivity index (χ4n) is 2.91. The Labute approximate surface area is 148 Å². The van der Waals surface area contributed by atoms with Gasteiger partial charge in [-0.3, -0.25) is 14.9 Å². The molecule has 1 aromatic carbocycles. The summed E-state index contributed by atoms with van der Waals surface area (Å²) in [5, 5.41) is 1.98. The van der Waals surface area contributed by atoms with E-state index in [9.17, 15) is 9.59 Å². The highest BCUT2D eigenvalue weighted by Gasteiger charge is 2.28. The minimum Gasteiger partial charge on any atom is -0.369 e. The Morgan fingerprint density at radius 3 is 2.78 bits per heavy atom. The topological polar surface area (TPSA) is 52.6 Å². The van der Waals surface area contributed by atoms with Crippen LogP contribution in [0.2, 0.25) is 0 Å². The van der Waals surface area contributed by atoms with E-state index in [1.54, 1.807) is 6.08 Å². The van der Waals surface area contributed by atoms with Crippen molar-refractivity contribution in [2.45, 2.75) is 12.5 Å². The average molecular weight is 396 g/mol. The third kappa shape index (κ3) is 3.46. The first-order valence-corrected chi connectivity index (χ1v) is 9.01. The van der Waals surface area contributed by atoms with Gasteiger partial charge in [0.05, 0.1) is 10.6 Å². The van der Waals surface area contributed by atoms with Crippen molar-refractivity contribution in [2.75, 3.05) is 32.1 Å². The standard InChI is InChI=1S/C16H18BrN3O2S/c1-19(2)11-6-7-20(9-11)14-10(4-3-5-12(14)17)8-13-15(21)18-16(22)23-13/h3-5,8,11H,6-7,9H2,1-2H3,(H,18,21,22)/b13-8-/t11-/m0/s1. The number of carbonyl (C=O) groups is 2. The molecule has 0 unspecified atom stereocenters. The molecule has 2 saturated heterocycles. The summed E-state index contributed by atoms with van der Waals surface area (Å²) in [7, 11) is 4.20. The van der Waals surface area contributed by atoms with Crippen LogP contribution >= 0.6 is 27.7 Å². The van der Waals surface area contributed by atoms with Crippen LogP contribution in [0, 0.1) is 0 Å². The first kappa shape index (κ1) is 16.5. The summed E-state index contributed by atoms with van der Waals surface area (Å²) in [5.74, 6) is -0.321. The molecule has 2 fully saturated rings. The second-order valence-corrected chi connectivity index (χ2v) is 7.75. The second-order valence-electron chi connectivity index (χ2n) is 5.88. The van der Waals surface area contributed by atoms with Gasteiger partial charge in [-0.2, -0.15) is 0 Å². The van der Waals surface area contributed by atoms with E-state index in [-0.39, 0.29) is 11.1 Å². The Bertz CT molecular complexity index is 690. The van der Waals surface area contributed by atoms with Gasteiger partial charge in [0.2, 0.25) is 0 Å². The maximum Gasteiger partial charge on any atom is 0.290 e. The molecule has 23 heavy (non-hydrogen) atoms. The lowest BCUT2D eigenvalue weighted by Gasteiger charge is -2.24. The SMILES string of the molecule is CN(C)[C@H]1CCN(c2c(Br)cccc2/C=C2\SC(=O)NC2=O)C1. The van der Waals surface area contributed by atoms with Gasteiger partial charge in [0.25, 0.3) is 11.1 Å². The number of nitrogens with zero attached hydrogens (tertiary/aromatic N) is 2. The van der Waals surface area contributed by atoms with E-state index in [0.29, 0.717) is 10.9 Å². The van der Waals surface area contributed by atoms with Crippen LogP contribution < -0.4 is 10.2 Å². The summed E-state index contributed by atoms with van der Waals surface area (Å²) >= 11 is 4.58. The van der Waals surface area contributed by atoms with Crippen molar-refractivity contribution in [3.63, 3.8) is 0 Å². The number of hydrogen-bond acceptors (Lipinski definition) is 5. The largest absolute Gasteiger partial charge is 0.369 e. The lowest BCUT2D eigenvalue weighted by Crippen LogP contribution is -2.31. The van der Waals surface area contributed by atoms with Gasteiger partial charge in [0, 0.05) is 29.2 Å². The number of benzene rings is 1. The zero-order chi connectivity index (χ0) is 16.6. The van der Waals surface area contributed by atoms with E-state index in [0.717, 1.165) is 47.0 Å². The van der Waals surface area contributed by atoms with Crippen LogP contribution in [-0.4, -0.2) is 49.3 Å². The second kappa shape index (κ2) is 6.67. The molecule has 7 heteroatoms. The zero-order valence-corrected chi connectivity index (χ0v) is 15.4. The molecule has 2 heterocycles. The van der Waals surface area contributed by atoms with Crippen molar-refractivity contribution in [3.05, 3.63) is 33.1 Å². The van der Waals surface area contributed by atoms with E-state index >= 15 is 0 Å². The Hall–Kier alpha value is -1.31. The van der Waals surface area contributed by atoms with Crippen molar-refractivity contribution in [2.24, 2.45) is 0 Å². The van der Waals surface area contributed by atoms with E-state index in [2.05, 4.69) is 45.1 Å². The minimum atomic E-state index is -0.321. The van der Waals surface area contributed by atoms with E-state index < -0.39 is 0 Å². The van der Waals surface area contributed by atoms with Crippen LogP contribution in [0.1, 0.15) is 12.0 Å². The van der Waals surface area contributed by atoms with E-state index in [4.69, 9.17) is 0 Å². The normalized spacial score (nSPS) is 23.2. The molecule has 0 bridgehead atoms. The predicted molar refractivity (Wildman–Crippen MR) is 97.6 cm³/mol. The quantitative estimate of drug-likeness (QED) is 0.797. The van der Waals surface area contributed by atoms with Crippen LogP contribution in [0.25, 0.3) is 6.08 Å². The molecule has 1 atom stereocenters. The highest BCUT2D eigenvalue weighted by Crippen LogP contribution is 2.36. The third-order valence-corrected chi connectivity index (χ3v) is 5.61. The van der Waals surface area contributed by atoms with Gasteiger partial charge in [0.1, 0.15) is 0 Å². The number of likely N-dealkylation sites (N-methyl/N-ethyl adjacent to an activating group) is 1. The van der Waals surface area contributed by atoms with Crippen LogP contribution in [0.3, 0.4) is 0 Å². The molecule has 1 N–H and O–H groups in total. The van der Waals surface area contributed by atoms with Gasteiger partial charge in [-0.15, -0.1) is 0 Å². The molecule has 3 rings (SSSR count). The summed E-state index contributed by atoms with van der Waals surface area (Å²) in [6, 6.07) is 6.45. The first-order valence-electron chi connectivity index (χ1n) is 7.40. The van der Waals surface area contributed by atoms with E-state index in [1.165, 1.54) is 0 Å². The number of anilines is 1. The minimum absolute atomic E-state index is 0.313. The molecule has 1 aromatic rings. The van der Waals surface area contributed by atoms with Gasteiger partial charge < -0.3 is 9.80 Å². The van der Waals surface area contributed by atoms with Crippen molar-refractivity contribution < 1.29 is 9.59 Å². The summed E-state index contributed by atoms with van der Waals surface area (Å²) in [6.45, 7) is 1.92. The zero-order valence-electron chi connectivity index (χ0n) is 13.0. The Morgan fingerprint density at radius 2 is 2.17 bits per heavy atom. The Kier molecular flexibility index (Phi) is 4.79. The molecule has 0 aliphatic carbocycles. The smallest absolute Gasteiger partial charge is 0.290 e. The summed E-state index contributed by atoms with van der Waals surface area (Å²) < 4.78 is 1.00. The van der Waals surface area contributed by atoms with Crippen LogP contribution in [0.5, 0.6) is 0 Å². The third-order valence-electron chi connectivity index (χ3n) is 4.16. The molecule has 0 saturated carbocycles. The van der Waals surface area contributed by atoms with Crippen LogP contribution in [-0.2, 0) is 4.79 Å². The predicted octanol–water partition coefficient (Wildman–Crippen LogP) is 2.91. The number of thioether (sulfide) groups is 1. The van der Waals surface area contributed by atoms with Crippen molar-refractivity contribution in [1.29, 1.82) is 0 Å². The maximum absolute atomic E-state index is 11.8. The molecule has 122 valence electrons. The lowest BCUT2D eigenvalue weighted by atomic mass is 10.1. The highest BCUT2D eigenvalue weighted by atomic mass is 79.9. The fraction of sp³-hybridized carbons (Fsp3) is 0.375. The number of rotatable bonds is 3. The summed E-state index contributed by atoms with van der Waals surface area (Å²) in [5.41, 5.74) is 2.03. The first-order chi connectivity index (χ1) is 11.0. The fourth-order valence-corrected chi connectivity index (χ4v) is 4.22. The van der Waals surface area contributed by atoms with Gasteiger partial charge in [-0.25, -0.2) is 0 Å². The molecular formula is C16H18BrN3O2S. The van der Waals surface area contributed by atoms with Crippen molar-refractivity contribution in [1.82, 2.24) is 10.2 Å². The summed E-state index contributed by atoms with van der Waals surface area (Å²) in [6.07, 6.45) is 2.91. The monoisotopic (exact) mass is 395 g/mol. The number of carbonyl (C=O) groups excluding carboxylic acids is 2. The molecule has 5 nitrogen and oxygen atoms in total. The van der Waals surface area contributed by atoms with Gasteiger partial charge in [0.15, 0.2) is 0 Å². The maximum atomic E-state index is 11.8. The Balaban J connectivity index is 1.94. The van der Waals surface area contributed by atoms with Gasteiger partial charge in [-0.1, -0.05) is 12.1 Å². The molecule has 2 amide bonds. The molecule has 0 spiro atoms. The summed E-state index contributed by atoms with van der Waals surface area (Å²) in [4.78, 5) is 28.2. The average Bonchev–Trinajstić information content (AvgIpc) is 3.07.